The topological polar surface area (TPSA) is 48.9 Å². The van der Waals surface area contributed by atoms with E-state index in [0.29, 0.717) is 11.7 Å². The van der Waals surface area contributed by atoms with Crippen molar-refractivity contribution in [3.05, 3.63) is 35.7 Å². The molecule has 16 heavy (non-hydrogen) atoms. The molecule has 1 aromatic heterocycles. The molecule has 84 valence electrons. The Morgan fingerprint density at radius 2 is 2.06 bits per heavy atom. The average molecular weight is 216 g/mol. The lowest BCUT2D eigenvalue weighted by Crippen LogP contribution is -1.88. The Balaban J connectivity index is 2.46. The van der Waals surface area contributed by atoms with Gasteiger partial charge in [-0.1, -0.05) is 26.0 Å². The first-order valence-electron chi connectivity index (χ1n) is 5.43. The van der Waals surface area contributed by atoms with Crippen LogP contribution in [0.5, 0.6) is 5.75 Å². The third-order valence-electron chi connectivity index (χ3n) is 2.79. The number of aromatic amines is 1. The molecule has 3 heteroatoms. The highest BCUT2D eigenvalue weighted by Gasteiger charge is 2.09. The molecule has 3 nitrogen and oxygen atoms in total. The highest BCUT2D eigenvalue weighted by atomic mass is 16.3. The average Bonchev–Trinajstić information content (AvgIpc) is 2.63. The Labute approximate surface area is 95.1 Å². The first-order chi connectivity index (χ1) is 7.59. The number of H-pyrrole nitrogens is 1. The predicted octanol–water partition coefficient (Wildman–Crippen LogP) is 3.21. The first kappa shape index (κ1) is 10.7. The van der Waals surface area contributed by atoms with E-state index in [0.717, 1.165) is 22.4 Å². The van der Waals surface area contributed by atoms with E-state index in [1.54, 1.807) is 6.07 Å². The number of phenolic OH excluding ortho intramolecular Hbond substituents is 1. The molecule has 0 saturated heterocycles. The van der Waals surface area contributed by atoms with Gasteiger partial charge in [0.25, 0.3) is 0 Å². The van der Waals surface area contributed by atoms with Crippen LogP contribution in [0.4, 0.5) is 0 Å². The summed E-state index contributed by atoms with van der Waals surface area (Å²) in [6.07, 6.45) is 1.85. The van der Waals surface area contributed by atoms with Crippen molar-refractivity contribution in [1.29, 1.82) is 0 Å². The maximum Gasteiger partial charge on any atom is 0.119 e. The van der Waals surface area contributed by atoms with Crippen molar-refractivity contribution in [2.24, 2.45) is 0 Å². The van der Waals surface area contributed by atoms with E-state index in [9.17, 15) is 5.11 Å². The fourth-order valence-corrected chi connectivity index (χ4v) is 1.85. The highest BCUT2D eigenvalue weighted by molar-refractivity contribution is 5.67. The maximum atomic E-state index is 9.92. The molecule has 1 heterocycles. The van der Waals surface area contributed by atoms with Gasteiger partial charge >= 0.3 is 0 Å². The molecule has 0 saturated carbocycles. The summed E-state index contributed by atoms with van der Waals surface area (Å²) in [7, 11) is 0. The number of hydrogen-bond donors (Lipinski definition) is 2. The van der Waals surface area contributed by atoms with Crippen molar-refractivity contribution in [1.82, 2.24) is 10.2 Å². The van der Waals surface area contributed by atoms with Crippen molar-refractivity contribution < 1.29 is 5.11 Å². The van der Waals surface area contributed by atoms with E-state index >= 15 is 0 Å². The first-order valence-corrected chi connectivity index (χ1v) is 5.43. The molecule has 2 aromatic rings. The Bertz CT molecular complexity index is 500. The summed E-state index contributed by atoms with van der Waals surface area (Å²) >= 11 is 0. The number of phenols is 1. The van der Waals surface area contributed by atoms with Crippen LogP contribution in [0.1, 0.15) is 31.0 Å². The van der Waals surface area contributed by atoms with E-state index < -0.39 is 0 Å². The molecule has 0 spiro atoms. The molecule has 0 radical (unpaired) electrons. The monoisotopic (exact) mass is 216 g/mol. The van der Waals surface area contributed by atoms with E-state index in [1.807, 2.05) is 25.3 Å². The van der Waals surface area contributed by atoms with E-state index in [4.69, 9.17) is 0 Å². The SMILES string of the molecule is Cc1n[nH]cc1-c1ccc(C(C)C)c(O)c1. The number of rotatable bonds is 2. The van der Waals surface area contributed by atoms with Gasteiger partial charge in [-0.15, -0.1) is 0 Å². The van der Waals surface area contributed by atoms with E-state index in [-0.39, 0.29) is 0 Å². The second-order valence-corrected chi connectivity index (χ2v) is 4.31. The van der Waals surface area contributed by atoms with Gasteiger partial charge in [0.1, 0.15) is 5.75 Å². The van der Waals surface area contributed by atoms with Crippen LogP contribution in [0.3, 0.4) is 0 Å². The second-order valence-electron chi connectivity index (χ2n) is 4.31. The summed E-state index contributed by atoms with van der Waals surface area (Å²) in [4.78, 5) is 0. The number of aryl methyl sites for hydroxylation is 1. The Morgan fingerprint density at radius 1 is 1.31 bits per heavy atom. The zero-order valence-corrected chi connectivity index (χ0v) is 9.78. The van der Waals surface area contributed by atoms with Crippen LogP contribution in [0, 0.1) is 6.92 Å². The van der Waals surface area contributed by atoms with Crippen LogP contribution in [-0.2, 0) is 0 Å². The molecule has 0 fully saturated rings. The summed E-state index contributed by atoms with van der Waals surface area (Å²) in [6, 6.07) is 5.79. The molecule has 0 bridgehead atoms. The number of hydrogen-bond acceptors (Lipinski definition) is 2. The quantitative estimate of drug-likeness (QED) is 0.809. The predicted molar refractivity (Wildman–Crippen MR) is 64.5 cm³/mol. The third-order valence-corrected chi connectivity index (χ3v) is 2.79. The fraction of sp³-hybridized carbons (Fsp3) is 0.308. The van der Waals surface area contributed by atoms with Crippen LogP contribution < -0.4 is 0 Å². The lowest BCUT2D eigenvalue weighted by molar-refractivity contribution is 0.465. The Kier molecular flexibility index (Phi) is 2.69. The fourth-order valence-electron chi connectivity index (χ4n) is 1.85. The number of aromatic nitrogens is 2. The molecule has 0 aliphatic heterocycles. The summed E-state index contributed by atoms with van der Waals surface area (Å²) < 4.78 is 0. The van der Waals surface area contributed by atoms with Crippen LogP contribution in [0.15, 0.2) is 24.4 Å². The zero-order valence-electron chi connectivity index (χ0n) is 9.78. The second kappa shape index (κ2) is 4.00. The minimum absolute atomic E-state index is 0.333. The number of benzene rings is 1. The molecule has 0 aliphatic rings. The van der Waals surface area contributed by atoms with Crippen LogP contribution in [0.25, 0.3) is 11.1 Å². The number of nitrogens with one attached hydrogen (secondary N) is 1. The van der Waals surface area contributed by atoms with Gasteiger partial charge in [0.15, 0.2) is 0 Å². The molecule has 0 atom stereocenters. The normalized spacial score (nSPS) is 11.0. The minimum Gasteiger partial charge on any atom is -0.508 e. The lowest BCUT2D eigenvalue weighted by atomic mass is 9.98. The van der Waals surface area contributed by atoms with Crippen LogP contribution >= 0.6 is 0 Å². The molecular weight excluding hydrogens is 200 g/mol. The standard InChI is InChI=1S/C13H16N2O/c1-8(2)11-5-4-10(6-13(11)16)12-7-14-15-9(12)3/h4-8,16H,1-3H3,(H,14,15). The molecule has 0 amide bonds. The molecule has 0 aliphatic carbocycles. The van der Waals surface area contributed by atoms with Gasteiger partial charge < -0.3 is 5.11 Å². The summed E-state index contributed by atoms with van der Waals surface area (Å²) in [6.45, 7) is 6.08. The highest BCUT2D eigenvalue weighted by Crippen LogP contribution is 2.31. The van der Waals surface area contributed by atoms with Gasteiger partial charge in [-0.2, -0.15) is 5.10 Å². The van der Waals surface area contributed by atoms with Crippen molar-refractivity contribution in [2.75, 3.05) is 0 Å². The molecule has 2 N–H and O–H groups in total. The van der Waals surface area contributed by atoms with Crippen molar-refractivity contribution in [3.8, 4) is 16.9 Å². The lowest BCUT2D eigenvalue weighted by Gasteiger charge is -2.09. The summed E-state index contributed by atoms with van der Waals surface area (Å²) in [5.74, 6) is 0.688. The maximum absolute atomic E-state index is 9.92. The molecule has 1 aromatic carbocycles. The van der Waals surface area contributed by atoms with Gasteiger partial charge in [0.05, 0.1) is 5.69 Å². The minimum atomic E-state index is 0.333. The molecular formula is C13H16N2O. The summed E-state index contributed by atoms with van der Waals surface area (Å²) in [5.41, 5.74) is 3.94. The van der Waals surface area contributed by atoms with E-state index in [1.165, 1.54) is 0 Å². The Morgan fingerprint density at radius 3 is 2.56 bits per heavy atom. The number of aromatic hydroxyl groups is 1. The van der Waals surface area contributed by atoms with Gasteiger partial charge in [-0.05, 0) is 30.0 Å². The van der Waals surface area contributed by atoms with Crippen LogP contribution in [-0.4, -0.2) is 15.3 Å². The van der Waals surface area contributed by atoms with Gasteiger partial charge in [0.2, 0.25) is 0 Å². The van der Waals surface area contributed by atoms with Gasteiger partial charge in [-0.25, -0.2) is 0 Å². The zero-order chi connectivity index (χ0) is 11.7. The number of nitrogens with zero attached hydrogens (tertiary/aromatic N) is 1. The Hall–Kier alpha value is -1.77. The third kappa shape index (κ3) is 1.81. The van der Waals surface area contributed by atoms with Gasteiger partial charge in [-0.3, -0.25) is 5.10 Å². The van der Waals surface area contributed by atoms with Crippen LogP contribution in [0.2, 0.25) is 0 Å². The van der Waals surface area contributed by atoms with Crippen molar-refractivity contribution in [2.45, 2.75) is 26.7 Å². The van der Waals surface area contributed by atoms with Crippen molar-refractivity contribution in [3.63, 3.8) is 0 Å². The summed E-state index contributed by atoms with van der Waals surface area (Å²) in [5, 5.41) is 16.8. The molecule has 0 unspecified atom stereocenters. The van der Waals surface area contributed by atoms with Crippen molar-refractivity contribution >= 4 is 0 Å². The molecule has 2 rings (SSSR count). The largest absolute Gasteiger partial charge is 0.508 e. The van der Waals surface area contributed by atoms with Gasteiger partial charge in [0, 0.05) is 11.8 Å². The smallest absolute Gasteiger partial charge is 0.119 e. The van der Waals surface area contributed by atoms with E-state index in [2.05, 4.69) is 24.0 Å².